The maximum absolute atomic E-state index is 13.8. The van der Waals surface area contributed by atoms with Crippen LogP contribution in [0.15, 0.2) is 107 Å². The number of nitrogens with zero attached hydrogens (tertiary/aromatic N) is 5. The molecule has 0 aliphatic carbocycles. The molecular formula is C31H28N6OS. The molecule has 0 bridgehead atoms. The lowest BCUT2D eigenvalue weighted by atomic mass is 10.0. The van der Waals surface area contributed by atoms with Gasteiger partial charge in [0, 0.05) is 23.5 Å². The molecule has 0 aliphatic rings. The highest BCUT2D eigenvalue weighted by atomic mass is 32.1. The topological polar surface area (TPSA) is 79.7 Å². The highest BCUT2D eigenvalue weighted by molar-refractivity contribution is 7.09. The molecule has 3 heterocycles. The average molecular weight is 533 g/mol. The number of para-hydroxylation sites is 1. The van der Waals surface area contributed by atoms with Gasteiger partial charge in [0.15, 0.2) is 5.82 Å². The first-order chi connectivity index (χ1) is 19.2. The fourth-order valence-electron chi connectivity index (χ4n) is 5.04. The van der Waals surface area contributed by atoms with Crippen LogP contribution in [0.4, 0.5) is 0 Å². The summed E-state index contributed by atoms with van der Waals surface area (Å²) in [4.78, 5) is 20.4. The molecule has 6 rings (SSSR count). The van der Waals surface area contributed by atoms with Gasteiger partial charge in [0.2, 0.25) is 0 Å². The van der Waals surface area contributed by atoms with Crippen LogP contribution in [-0.2, 0) is 19.6 Å². The summed E-state index contributed by atoms with van der Waals surface area (Å²) in [5.41, 5.74) is 4.59. The Morgan fingerprint density at radius 1 is 0.897 bits per heavy atom. The minimum absolute atomic E-state index is 0.139. The van der Waals surface area contributed by atoms with Gasteiger partial charge < -0.3 is 4.98 Å². The molecule has 0 aliphatic heterocycles. The molecule has 0 saturated heterocycles. The number of pyridine rings is 1. The number of fused-ring (bicyclic) bond motifs is 1. The van der Waals surface area contributed by atoms with Crippen LogP contribution >= 0.6 is 11.3 Å². The molecule has 6 aromatic rings. The summed E-state index contributed by atoms with van der Waals surface area (Å²) >= 11 is 1.70. The van der Waals surface area contributed by atoms with Gasteiger partial charge in [0.05, 0.1) is 12.1 Å². The van der Waals surface area contributed by atoms with Crippen LogP contribution in [0.25, 0.3) is 10.9 Å². The Bertz CT molecular complexity index is 1730. The van der Waals surface area contributed by atoms with E-state index in [2.05, 4.69) is 67.2 Å². The zero-order valence-electron chi connectivity index (χ0n) is 21.6. The number of thiophene rings is 1. The first kappa shape index (κ1) is 24.9. The third-order valence-corrected chi connectivity index (χ3v) is 7.78. The van der Waals surface area contributed by atoms with E-state index in [9.17, 15) is 4.79 Å². The third-order valence-electron chi connectivity index (χ3n) is 6.92. The molecule has 39 heavy (non-hydrogen) atoms. The van der Waals surface area contributed by atoms with E-state index in [0.29, 0.717) is 31.0 Å². The molecule has 1 atom stereocenters. The van der Waals surface area contributed by atoms with Crippen molar-refractivity contribution >= 4 is 22.2 Å². The van der Waals surface area contributed by atoms with Crippen molar-refractivity contribution in [1.82, 2.24) is 30.1 Å². The van der Waals surface area contributed by atoms with Gasteiger partial charge in [-0.15, -0.1) is 16.4 Å². The maximum atomic E-state index is 13.8. The summed E-state index contributed by atoms with van der Waals surface area (Å²) in [6.45, 7) is 3.77. The zero-order valence-corrected chi connectivity index (χ0v) is 22.4. The molecule has 7 nitrogen and oxygen atoms in total. The van der Waals surface area contributed by atoms with Crippen LogP contribution in [-0.4, -0.2) is 30.1 Å². The largest absolute Gasteiger partial charge is 0.321 e. The van der Waals surface area contributed by atoms with Crippen LogP contribution in [0.5, 0.6) is 0 Å². The molecule has 1 N–H and O–H groups in total. The lowest BCUT2D eigenvalue weighted by Gasteiger charge is -2.31. The molecule has 0 fully saturated rings. The maximum Gasteiger partial charge on any atom is 0.253 e. The molecular weight excluding hydrogens is 504 g/mol. The number of rotatable bonds is 9. The van der Waals surface area contributed by atoms with Gasteiger partial charge in [-0.05, 0) is 56.9 Å². The molecule has 3 aromatic carbocycles. The molecule has 0 amide bonds. The van der Waals surface area contributed by atoms with Gasteiger partial charge in [-0.1, -0.05) is 84.9 Å². The van der Waals surface area contributed by atoms with Crippen molar-refractivity contribution in [2.45, 2.75) is 32.6 Å². The average Bonchev–Trinajstić information content (AvgIpc) is 3.63. The lowest BCUT2D eigenvalue weighted by Crippen LogP contribution is -2.34. The predicted molar refractivity (Wildman–Crippen MR) is 155 cm³/mol. The van der Waals surface area contributed by atoms with Crippen molar-refractivity contribution in [3.63, 3.8) is 0 Å². The fourth-order valence-corrected chi connectivity index (χ4v) is 5.77. The highest BCUT2D eigenvalue weighted by Crippen LogP contribution is 2.31. The van der Waals surface area contributed by atoms with E-state index < -0.39 is 6.04 Å². The zero-order chi connectivity index (χ0) is 26.6. The van der Waals surface area contributed by atoms with E-state index in [1.807, 2.05) is 72.3 Å². The van der Waals surface area contributed by atoms with Crippen molar-refractivity contribution in [2.24, 2.45) is 0 Å². The van der Waals surface area contributed by atoms with Gasteiger partial charge in [0.25, 0.3) is 5.56 Å². The Hall–Kier alpha value is -4.40. The molecule has 8 heteroatoms. The van der Waals surface area contributed by atoms with Gasteiger partial charge in [-0.3, -0.25) is 9.69 Å². The molecule has 0 spiro atoms. The first-order valence-electron chi connectivity index (χ1n) is 12.9. The Morgan fingerprint density at radius 2 is 1.67 bits per heavy atom. The van der Waals surface area contributed by atoms with Crippen LogP contribution in [0.1, 0.15) is 39.0 Å². The van der Waals surface area contributed by atoms with E-state index in [4.69, 9.17) is 0 Å². The summed E-state index contributed by atoms with van der Waals surface area (Å²) in [6.07, 6.45) is 0. The van der Waals surface area contributed by atoms with Crippen molar-refractivity contribution in [1.29, 1.82) is 0 Å². The smallest absolute Gasteiger partial charge is 0.253 e. The summed E-state index contributed by atoms with van der Waals surface area (Å²) in [5, 5.41) is 16.0. The summed E-state index contributed by atoms with van der Waals surface area (Å²) in [5.74, 6) is 0.629. The number of benzene rings is 3. The second-order valence-corrected chi connectivity index (χ2v) is 10.7. The summed E-state index contributed by atoms with van der Waals surface area (Å²) in [6, 6.07) is 32.2. The van der Waals surface area contributed by atoms with E-state index in [-0.39, 0.29) is 5.56 Å². The van der Waals surface area contributed by atoms with E-state index in [0.717, 1.165) is 27.6 Å². The molecule has 1 unspecified atom stereocenters. The standard InChI is InChI=1S/C31H28N6OS/c1-22-10-8-15-25-18-27(31(38)32-28(22)25)29(30-33-34-35-37(30)20-24-13-6-3-7-14-24)36(21-26-16-9-17-39-26)19-23-11-4-2-5-12-23/h2-18,29H,19-21H2,1H3,(H,32,38). The van der Waals surface area contributed by atoms with Crippen molar-refractivity contribution < 1.29 is 0 Å². The minimum Gasteiger partial charge on any atom is -0.321 e. The quantitative estimate of drug-likeness (QED) is 0.257. The number of H-pyrrole nitrogens is 1. The number of tetrazole rings is 1. The second-order valence-electron chi connectivity index (χ2n) is 9.65. The predicted octanol–water partition coefficient (Wildman–Crippen LogP) is 5.72. The number of nitrogens with one attached hydrogen (secondary N) is 1. The molecule has 0 saturated carbocycles. The Morgan fingerprint density at radius 3 is 2.41 bits per heavy atom. The van der Waals surface area contributed by atoms with Crippen LogP contribution in [0.2, 0.25) is 0 Å². The third kappa shape index (κ3) is 5.43. The highest BCUT2D eigenvalue weighted by Gasteiger charge is 2.31. The molecule has 194 valence electrons. The number of aromatic amines is 1. The van der Waals surface area contributed by atoms with Gasteiger partial charge in [-0.25, -0.2) is 4.68 Å². The minimum atomic E-state index is -0.486. The van der Waals surface area contributed by atoms with Crippen molar-refractivity contribution in [3.05, 3.63) is 146 Å². The van der Waals surface area contributed by atoms with E-state index >= 15 is 0 Å². The summed E-state index contributed by atoms with van der Waals surface area (Å²) < 4.78 is 1.81. The monoisotopic (exact) mass is 532 g/mol. The number of aryl methyl sites for hydroxylation is 1. The van der Waals surface area contributed by atoms with Gasteiger partial charge in [-0.2, -0.15) is 0 Å². The summed E-state index contributed by atoms with van der Waals surface area (Å²) in [7, 11) is 0. The van der Waals surface area contributed by atoms with E-state index in [1.165, 1.54) is 4.88 Å². The van der Waals surface area contributed by atoms with E-state index in [1.54, 1.807) is 11.3 Å². The van der Waals surface area contributed by atoms with Crippen LogP contribution < -0.4 is 5.56 Å². The van der Waals surface area contributed by atoms with Crippen molar-refractivity contribution in [2.75, 3.05) is 0 Å². The fraction of sp³-hybridized carbons (Fsp3) is 0.161. The van der Waals surface area contributed by atoms with Crippen LogP contribution in [0.3, 0.4) is 0 Å². The lowest BCUT2D eigenvalue weighted by molar-refractivity contribution is 0.196. The SMILES string of the molecule is Cc1cccc2cc(C(c3nnnn3Cc3ccccc3)N(Cc3ccccc3)Cc3cccs3)c(=O)[nH]c12. The first-order valence-corrected chi connectivity index (χ1v) is 13.8. The number of hydrogen-bond donors (Lipinski definition) is 1. The van der Waals surface area contributed by atoms with Crippen LogP contribution in [0, 0.1) is 6.92 Å². The number of hydrogen-bond acceptors (Lipinski definition) is 6. The second kappa shape index (κ2) is 11.1. The Balaban J connectivity index is 1.53. The van der Waals surface area contributed by atoms with Crippen molar-refractivity contribution in [3.8, 4) is 0 Å². The van der Waals surface area contributed by atoms with Gasteiger partial charge >= 0.3 is 0 Å². The van der Waals surface area contributed by atoms with Gasteiger partial charge in [0.1, 0.15) is 6.04 Å². The molecule has 0 radical (unpaired) electrons. The number of aromatic nitrogens is 5. The molecule has 3 aromatic heterocycles. The Labute approximate surface area is 230 Å². The normalized spacial score (nSPS) is 12.3. The Kier molecular flexibility index (Phi) is 7.12.